The van der Waals surface area contributed by atoms with E-state index in [2.05, 4.69) is 17.2 Å². The molecule has 1 fully saturated rings. The Morgan fingerprint density at radius 2 is 2.39 bits per heavy atom. The summed E-state index contributed by atoms with van der Waals surface area (Å²) in [7, 11) is 1.87. The van der Waals surface area contributed by atoms with Gasteiger partial charge in [0.25, 0.3) is 0 Å². The minimum absolute atomic E-state index is 0.0517. The average molecular weight is 247 g/mol. The second-order valence-corrected chi connectivity index (χ2v) is 5.01. The lowest BCUT2D eigenvalue weighted by Crippen LogP contribution is -2.46. The lowest BCUT2D eigenvalue weighted by Gasteiger charge is -2.26. The number of carbonyl (C=O) groups excluding carboxylic acids is 1. The predicted molar refractivity (Wildman–Crippen MR) is 70.9 cm³/mol. The van der Waals surface area contributed by atoms with Crippen LogP contribution in [0.3, 0.4) is 0 Å². The van der Waals surface area contributed by atoms with E-state index in [1.807, 2.05) is 30.3 Å². The molecule has 2 atom stereocenters. The number of hydrogen-bond acceptors (Lipinski definition) is 3. The average Bonchev–Trinajstić information content (AvgIpc) is 2.51. The zero-order valence-corrected chi connectivity index (χ0v) is 11.1. The van der Waals surface area contributed by atoms with E-state index in [0.29, 0.717) is 12.5 Å². The highest BCUT2D eigenvalue weighted by molar-refractivity contribution is 5.82. The number of nitrogens with zero attached hydrogens (tertiary/aromatic N) is 2. The van der Waals surface area contributed by atoms with Crippen molar-refractivity contribution < 1.29 is 4.79 Å². The summed E-state index contributed by atoms with van der Waals surface area (Å²) in [5, 5.41) is 3.15. The molecule has 1 aromatic heterocycles. The normalized spacial score (nSPS) is 25.0. The molecule has 0 radical (unpaired) electrons. The zero-order valence-electron chi connectivity index (χ0n) is 11.1. The van der Waals surface area contributed by atoms with E-state index >= 15 is 0 Å². The van der Waals surface area contributed by atoms with E-state index in [9.17, 15) is 4.79 Å². The molecule has 4 heteroatoms. The van der Waals surface area contributed by atoms with Gasteiger partial charge in [-0.3, -0.25) is 9.78 Å². The number of hydrogen-bond donors (Lipinski definition) is 1. The van der Waals surface area contributed by atoms with E-state index < -0.39 is 0 Å². The summed E-state index contributed by atoms with van der Waals surface area (Å²) >= 11 is 0. The number of pyridine rings is 1. The number of carbonyl (C=O) groups is 1. The molecule has 1 saturated heterocycles. The summed E-state index contributed by atoms with van der Waals surface area (Å²) in [6, 6.07) is 3.88. The van der Waals surface area contributed by atoms with E-state index in [1.54, 1.807) is 6.20 Å². The molecule has 1 aromatic rings. The second-order valence-electron chi connectivity index (χ2n) is 5.01. The van der Waals surface area contributed by atoms with Crippen LogP contribution in [0.4, 0.5) is 0 Å². The topological polar surface area (TPSA) is 45.2 Å². The SMILES string of the molecule is CNC1C(=O)N(Cc2cccnc2)CCCC1C. The molecule has 2 heterocycles. The summed E-state index contributed by atoms with van der Waals surface area (Å²) in [4.78, 5) is 18.5. The van der Waals surface area contributed by atoms with E-state index in [4.69, 9.17) is 0 Å². The van der Waals surface area contributed by atoms with Crippen molar-refractivity contribution >= 4 is 5.91 Å². The molecule has 1 amide bonds. The van der Waals surface area contributed by atoms with E-state index in [-0.39, 0.29) is 11.9 Å². The Labute approximate surface area is 108 Å². The van der Waals surface area contributed by atoms with Crippen molar-refractivity contribution in [2.24, 2.45) is 5.92 Å². The van der Waals surface area contributed by atoms with Crippen molar-refractivity contribution in [1.29, 1.82) is 0 Å². The summed E-state index contributed by atoms with van der Waals surface area (Å²) < 4.78 is 0. The fourth-order valence-corrected chi connectivity index (χ4v) is 2.60. The Hall–Kier alpha value is -1.42. The fourth-order valence-electron chi connectivity index (χ4n) is 2.60. The highest BCUT2D eigenvalue weighted by atomic mass is 16.2. The Kier molecular flexibility index (Phi) is 4.31. The molecule has 18 heavy (non-hydrogen) atoms. The van der Waals surface area contributed by atoms with Crippen molar-refractivity contribution in [2.75, 3.05) is 13.6 Å². The Morgan fingerprint density at radius 1 is 1.56 bits per heavy atom. The highest BCUT2D eigenvalue weighted by Gasteiger charge is 2.30. The van der Waals surface area contributed by atoms with Gasteiger partial charge in [-0.15, -0.1) is 0 Å². The molecule has 1 aliphatic heterocycles. The third kappa shape index (κ3) is 2.88. The van der Waals surface area contributed by atoms with Crippen LogP contribution in [-0.4, -0.2) is 35.4 Å². The number of rotatable bonds is 3. The maximum atomic E-state index is 12.4. The molecule has 1 aliphatic rings. The fraction of sp³-hybridized carbons (Fsp3) is 0.571. The maximum Gasteiger partial charge on any atom is 0.240 e. The third-order valence-corrected chi connectivity index (χ3v) is 3.64. The van der Waals surface area contributed by atoms with Crippen LogP contribution in [0.1, 0.15) is 25.3 Å². The Bertz CT molecular complexity index is 393. The van der Waals surface area contributed by atoms with Gasteiger partial charge in [0.2, 0.25) is 5.91 Å². The van der Waals surface area contributed by atoms with E-state index in [1.165, 1.54) is 0 Å². The maximum absolute atomic E-state index is 12.4. The summed E-state index contributed by atoms with van der Waals surface area (Å²) in [5.41, 5.74) is 1.09. The van der Waals surface area contributed by atoms with Crippen LogP contribution in [0.5, 0.6) is 0 Å². The Morgan fingerprint density at radius 3 is 3.06 bits per heavy atom. The van der Waals surface area contributed by atoms with Gasteiger partial charge >= 0.3 is 0 Å². The first-order valence-electron chi connectivity index (χ1n) is 6.57. The van der Waals surface area contributed by atoms with Crippen molar-refractivity contribution in [3.8, 4) is 0 Å². The molecular formula is C14H21N3O. The van der Waals surface area contributed by atoms with Crippen molar-refractivity contribution in [3.63, 3.8) is 0 Å². The summed E-state index contributed by atoms with van der Waals surface area (Å²) in [6.07, 6.45) is 5.76. The number of amides is 1. The first-order chi connectivity index (χ1) is 8.72. The lowest BCUT2D eigenvalue weighted by atomic mass is 9.98. The molecule has 0 bridgehead atoms. The quantitative estimate of drug-likeness (QED) is 0.879. The molecule has 1 N–H and O–H groups in total. The lowest BCUT2D eigenvalue weighted by molar-refractivity contribution is -0.134. The largest absolute Gasteiger partial charge is 0.337 e. The number of likely N-dealkylation sites (tertiary alicyclic amines) is 1. The van der Waals surface area contributed by atoms with Crippen molar-refractivity contribution in [3.05, 3.63) is 30.1 Å². The van der Waals surface area contributed by atoms with Gasteiger partial charge in [0.05, 0.1) is 6.04 Å². The summed E-state index contributed by atoms with van der Waals surface area (Å²) in [6.45, 7) is 3.65. The molecule has 0 spiro atoms. The van der Waals surface area contributed by atoms with Crippen LogP contribution in [-0.2, 0) is 11.3 Å². The second kappa shape index (κ2) is 5.96. The van der Waals surface area contributed by atoms with Gasteiger partial charge in [-0.05, 0) is 37.4 Å². The van der Waals surface area contributed by atoms with Gasteiger partial charge in [-0.25, -0.2) is 0 Å². The number of likely N-dealkylation sites (N-methyl/N-ethyl adjacent to an activating group) is 1. The van der Waals surface area contributed by atoms with Crippen molar-refractivity contribution in [2.45, 2.75) is 32.4 Å². The zero-order chi connectivity index (χ0) is 13.0. The molecule has 0 aliphatic carbocycles. The first kappa shape index (κ1) is 13.0. The standard InChI is InChI=1S/C14H21N3O/c1-11-5-4-8-17(14(18)13(11)15-2)10-12-6-3-7-16-9-12/h3,6-7,9,11,13,15H,4-5,8,10H2,1-2H3. The van der Waals surface area contributed by atoms with Gasteiger partial charge in [-0.1, -0.05) is 13.0 Å². The minimum Gasteiger partial charge on any atom is -0.337 e. The predicted octanol–water partition coefficient (Wildman–Crippen LogP) is 1.43. The molecule has 4 nitrogen and oxygen atoms in total. The molecule has 0 aromatic carbocycles. The molecule has 0 saturated carbocycles. The van der Waals surface area contributed by atoms with E-state index in [0.717, 1.165) is 24.9 Å². The Balaban J connectivity index is 2.10. The molecule has 2 rings (SSSR count). The van der Waals surface area contributed by atoms with Gasteiger partial charge in [0, 0.05) is 25.5 Å². The van der Waals surface area contributed by atoms with Crippen molar-refractivity contribution in [1.82, 2.24) is 15.2 Å². The van der Waals surface area contributed by atoms with Crippen LogP contribution in [0.2, 0.25) is 0 Å². The monoisotopic (exact) mass is 247 g/mol. The van der Waals surface area contributed by atoms with Crippen LogP contribution in [0, 0.1) is 5.92 Å². The van der Waals surface area contributed by atoms with Gasteiger partial charge < -0.3 is 10.2 Å². The smallest absolute Gasteiger partial charge is 0.240 e. The third-order valence-electron chi connectivity index (χ3n) is 3.64. The highest BCUT2D eigenvalue weighted by Crippen LogP contribution is 2.19. The first-order valence-corrected chi connectivity index (χ1v) is 6.57. The number of nitrogens with one attached hydrogen (secondary N) is 1. The minimum atomic E-state index is -0.0517. The van der Waals surface area contributed by atoms with Crippen LogP contribution >= 0.6 is 0 Å². The van der Waals surface area contributed by atoms with Gasteiger partial charge in [-0.2, -0.15) is 0 Å². The molecule has 2 unspecified atom stereocenters. The molecule has 98 valence electrons. The van der Waals surface area contributed by atoms with Crippen LogP contribution in [0.15, 0.2) is 24.5 Å². The van der Waals surface area contributed by atoms with Crippen LogP contribution < -0.4 is 5.32 Å². The van der Waals surface area contributed by atoms with Gasteiger partial charge in [0.1, 0.15) is 0 Å². The summed E-state index contributed by atoms with van der Waals surface area (Å²) in [5.74, 6) is 0.618. The molecular weight excluding hydrogens is 226 g/mol. The van der Waals surface area contributed by atoms with Gasteiger partial charge in [0.15, 0.2) is 0 Å². The number of aromatic nitrogens is 1. The van der Waals surface area contributed by atoms with Crippen LogP contribution in [0.25, 0.3) is 0 Å².